The van der Waals surface area contributed by atoms with Crippen LogP contribution in [-0.4, -0.2) is 25.2 Å². The van der Waals surface area contributed by atoms with Crippen molar-refractivity contribution in [2.24, 2.45) is 0 Å². The Hall–Kier alpha value is -0.860. The van der Waals surface area contributed by atoms with Crippen molar-refractivity contribution in [3.05, 3.63) is 35.9 Å². The highest BCUT2D eigenvalue weighted by molar-refractivity contribution is 5.27. The first-order chi connectivity index (χ1) is 6.93. The Kier molecular flexibility index (Phi) is 2.03. The van der Waals surface area contributed by atoms with Crippen molar-refractivity contribution in [1.29, 1.82) is 0 Å². The Morgan fingerprint density at radius 2 is 1.93 bits per heavy atom. The van der Waals surface area contributed by atoms with E-state index in [0.29, 0.717) is 0 Å². The molecule has 2 fully saturated rings. The van der Waals surface area contributed by atoms with Crippen molar-refractivity contribution in [1.82, 2.24) is 10.6 Å². The molecule has 0 radical (unpaired) electrons. The van der Waals surface area contributed by atoms with Gasteiger partial charge in [-0.25, -0.2) is 0 Å². The summed E-state index contributed by atoms with van der Waals surface area (Å²) in [6.45, 7) is 2.30. The highest BCUT2D eigenvalue weighted by Crippen LogP contribution is 2.40. The maximum Gasteiger partial charge on any atom is 0.0320 e. The van der Waals surface area contributed by atoms with Crippen molar-refractivity contribution < 1.29 is 0 Å². The second-order valence-corrected chi connectivity index (χ2v) is 4.38. The van der Waals surface area contributed by atoms with Crippen molar-refractivity contribution >= 4 is 0 Å². The van der Waals surface area contributed by atoms with Crippen molar-refractivity contribution in [2.75, 3.05) is 13.1 Å². The van der Waals surface area contributed by atoms with Crippen LogP contribution in [0.15, 0.2) is 30.3 Å². The predicted octanol–water partition coefficient (Wildman–Crippen LogP) is 1.10. The second kappa shape index (κ2) is 3.37. The monoisotopic (exact) mass is 188 g/mol. The Labute approximate surface area is 84.7 Å². The molecule has 74 valence electrons. The van der Waals surface area contributed by atoms with E-state index in [2.05, 4.69) is 41.0 Å². The number of benzene rings is 1. The fourth-order valence-electron chi connectivity index (χ4n) is 2.16. The maximum atomic E-state index is 3.68. The summed E-state index contributed by atoms with van der Waals surface area (Å²) in [6, 6.07) is 12.3. The molecule has 1 heterocycles. The maximum absolute atomic E-state index is 3.68. The molecule has 1 aliphatic carbocycles. The van der Waals surface area contributed by atoms with E-state index in [1.54, 1.807) is 0 Å². The lowest BCUT2D eigenvalue weighted by molar-refractivity contribution is 0.362. The molecule has 0 amide bonds. The fourth-order valence-corrected chi connectivity index (χ4v) is 2.16. The zero-order chi connectivity index (χ0) is 9.38. The summed E-state index contributed by atoms with van der Waals surface area (Å²) in [5.41, 5.74) is 1.50. The Morgan fingerprint density at radius 3 is 2.57 bits per heavy atom. The van der Waals surface area contributed by atoms with Gasteiger partial charge in [0.05, 0.1) is 0 Å². The molecule has 0 spiro atoms. The van der Waals surface area contributed by atoms with Gasteiger partial charge < -0.3 is 10.6 Å². The minimum Gasteiger partial charge on any atom is -0.314 e. The Bertz CT molecular complexity index is 305. The van der Waals surface area contributed by atoms with E-state index in [0.717, 1.165) is 31.1 Å². The summed E-state index contributed by atoms with van der Waals surface area (Å²) in [4.78, 5) is 0. The summed E-state index contributed by atoms with van der Waals surface area (Å²) < 4.78 is 0. The van der Waals surface area contributed by atoms with Crippen molar-refractivity contribution in [2.45, 2.75) is 24.4 Å². The quantitative estimate of drug-likeness (QED) is 0.742. The van der Waals surface area contributed by atoms with Crippen molar-refractivity contribution in [3.8, 4) is 0 Å². The zero-order valence-electron chi connectivity index (χ0n) is 8.24. The molecule has 2 atom stereocenters. The van der Waals surface area contributed by atoms with E-state index < -0.39 is 0 Å². The standard InChI is InChI=1S/C12H16N2/c1-2-4-9(5-3-1)11-6-12(11)14-10-7-13-8-10/h1-5,10-14H,6-8H2/t11-,12+/m1/s1. The summed E-state index contributed by atoms with van der Waals surface area (Å²) in [5, 5.41) is 6.96. The lowest BCUT2D eigenvalue weighted by Gasteiger charge is -2.28. The molecule has 1 aliphatic heterocycles. The molecular formula is C12H16N2. The van der Waals surface area contributed by atoms with Crippen LogP contribution < -0.4 is 10.6 Å². The van der Waals surface area contributed by atoms with Gasteiger partial charge in [0.1, 0.15) is 0 Å². The van der Waals surface area contributed by atoms with Gasteiger partial charge in [0, 0.05) is 31.1 Å². The summed E-state index contributed by atoms with van der Waals surface area (Å²) in [6.07, 6.45) is 1.32. The second-order valence-electron chi connectivity index (χ2n) is 4.38. The van der Waals surface area contributed by atoms with Gasteiger partial charge in [-0.1, -0.05) is 30.3 Å². The fraction of sp³-hybridized carbons (Fsp3) is 0.500. The molecular weight excluding hydrogens is 172 g/mol. The smallest absolute Gasteiger partial charge is 0.0320 e. The molecule has 2 N–H and O–H groups in total. The number of nitrogens with one attached hydrogen (secondary N) is 2. The average molecular weight is 188 g/mol. The molecule has 0 aromatic heterocycles. The molecule has 1 aromatic carbocycles. The zero-order valence-corrected chi connectivity index (χ0v) is 8.24. The molecule has 1 saturated heterocycles. The van der Waals surface area contributed by atoms with E-state index in [-0.39, 0.29) is 0 Å². The molecule has 2 nitrogen and oxygen atoms in total. The third-order valence-electron chi connectivity index (χ3n) is 3.25. The first-order valence-electron chi connectivity index (χ1n) is 5.45. The van der Waals surface area contributed by atoms with Gasteiger partial charge in [-0.15, -0.1) is 0 Å². The number of hydrogen-bond acceptors (Lipinski definition) is 2. The third-order valence-corrected chi connectivity index (χ3v) is 3.25. The topological polar surface area (TPSA) is 24.1 Å². The first kappa shape index (κ1) is 8.45. The first-order valence-corrected chi connectivity index (χ1v) is 5.45. The lowest BCUT2D eigenvalue weighted by Crippen LogP contribution is -2.56. The summed E-state index contributed by atoms with van der Waals surface area (Å²) >= 11 is 0. The summed E-state index contributed by atoms with van der Waals surface area (Å²) in [5.74, 6) is 0.775. The van der Waals surface area contributed by atoms with E-state index >= 15 is 0 Å². The van der Waals surface area contributed by atoms with Gasteiger partial charge >= 0.3 is 0 Å². The molecule has 2 aliphatic rings. The van der Waals surface area contributed by atoms with Crippen LogP contribution in [0, 0.1) is 0 Å². The normalized spacial score (nSPS) is 31.1. The van der Waals surface area contributed by atoms with E-state index in [9.17, 15) is 0 Å². The molecule has 2 heteroatoms. The van der Waals surface area contributed by atoms with Crippen LogP contribution in [0.3, 0.4) is 0 Å². The van der Waals surface area contributed by atoms with Crippen molar-refractivity contribution in [3.63, 3.8) is 0 Å². The van der Waals surface area contributed by atoms with Crippen LogP contribution in [0.25, 0.3) is 0 Å². The van der Waals surface area contributed by atoms with Gasteiger partial charge in [0.25, 0.3) is 0 Å². The molecule has 1 saturated carbocycles. The van der Waals surface area contributed by atoms with E-state index in [1.165, 1.54) is 12.0 Å². The predicted molar refractivity (Wildman–Crippen MR) is 57.4 cm³/mol. The van der Waals surface area contributed by atoms with Crippen LogP contribution >= 0.6 is 0 Å². The Balaban J connectivity index is 1.57. The van der Waals surface area contributed by atoms with Gasteiger partial charge in [-0.05, 0) is 12.0 Å². The largest absolute Gasteiger partial charge is 0.314 e. The molecule has 3 rings (SSSR count). The van der Waals surface area contributed by atoms with Crippen LogP contribution in [-0.2, 0) is 0 Å². The van der Waals surface area contributed by atoms with Crippen LogP contribution in [0.1, 0.15) is 17.9 Å². The van der Waals surface area contributed by atoms with Crippen LogP contribution in [0.5, 0.6) is 0 Å². The van der Waals surface area contributed by atoms with Gasteiger partial charge in [0.2, 0.25) is 0 Å². The highest BCUT2D eigenvalue weighted by Gasteiger charge is 2.39. The van der Waals surface area contributed by atoms with Crippen LogP contribution in [0.2, 0.25) is 0 Å². The van der Waals surface area contributed by atoms with E-state index in [4.69, 9.17) is 0 Å². The number of hydrogen-bond donors (Lipinski definition) is 2. The molecule has 14 heavy (non-hydrogen) atoms. The van der Waals surface area contributed by atoms with Gasteiger partial charge in [0.15, 0.2) is 0 Å². The molecule has 0 bridgehead atoms. The molecule has 0 unspecified atom stereocenters. The molecule has 1 aromatic rings. The van der Waals surface area contributed by atoms with Gasteiger partial charge in [-0.3, -0.25) is 0 Å². The SMILES string of the molecule is c1ccc([C@H]2C[C@@H]2NC2CNC2)cc1. The third kappa shape index (κ3) is 1.56. The lowest BCUT2D eigenvalue weighted by atomic mass is 10.1. The minimum absolute atomic E-state index is 0.730. The van der Waals surface area contributed by atoms with Gasteiger partial charge in [-0.2, -0.15) is 0 Å². The Morgan fingerprint density at radius 1 is 1.14 bits per heavy atom. The van der Waals surface area contributed by atoms with E-state index in [1.807, 2.05) is 0 Å². The average Bonchev–Trinajstić information content (AvgIpc) is 2.92. The number of rotatable bonds is 3. The van der Waals surface area contributed by atoms with Crippen LogP contribution in [0.4, 0.5) is 0 Å². The minimum atomic E-state index is 0.730. The summed E-state index contributed by atoms with van der Waals surface area (Å²) in [7, 11) is 0. The highest BCUT2D eigenvalue weighted by atomic mass is 15.1.